The number of methoxy groups -OCH3 is 1. The number of amides is 3. The molecule has 0 aliphatic rings. The molecule has 0 aliphatic carbocycles. The van der Waals surface area contributed by atoms with Gasteiger partial charge >= 0.3 is 6.03 Å². The lowest BCUT2D eigenvalue weighted by molar-refractivity contribution is 0.0932. The first-order valence-corrected chi connectivity index (χ1v) is 13.9. The van der Waals surface area contributed by atoms with Crippen LogP contribution < -0.4 is 10.6 Å². The van der Waals surface area contributed by atoms with Gasteiger partial charge in [0.25, 0.3) is 5.91 Å². The van der Waals surface area contributed by atoms with Crippen molar-refractivity contribution in [1.29, 1.82) is 0 Å². The summed E-state index contributed by atoms with van der Waals surface area (Å²) in [5.41, 5.74) is 2.95. The van der Waals surface area contributed by atoms with Crippen molar-refractivity contribution < 1.29 is 14.3 Å². The number of ether oxygens (including phenoxy) is 1. The molecule has 3 amide bonds. The maximum absolute atomic E-state index is 13.2. The summed E-state index contributed by atoms with van der Waals surface area (Å²) < 4.78 is 5.18. The second-order valence-electron chi connectivity index (χ2n) is 8.73. The summed E-state index contributed by atoms with van der Waals surface area (Å²) in [4.78, 5) is 32.3. The summed E-state index contributed by atoms with van der Waals surface area (Å²) >= 11 is 13.4. The topological polar surface area (TPSA) is 83.6 Å². The van der Waals surface area contributed by atoms with Crippen molar-refractivity contribution in [3.05, 3.63) is 116 Å². The Morgan fingerprint density at radius 1 is 1.00 bits per heavy atom. The number of nitrogens with one attached hydrogen (secondary N) is 2. The number of hydrogen-bond donors (Lipinski definition) is 2. The van der Waals surface area contributed by atoms with Crippen LogP contribution >= 0.6 is 34.5 Å². The number of nitrogens with zero attached hydrogens (tertiary/aromatic N) is 2. The zero-order valence-electron chi connectivity index (χ0n) is 21.3. The lowest BCUT2D eigenvalue weighted by Crippen LogP contribution is -2.37. The summed E-state index contributed by atoms with van der Waals surface area (Å²) in [6, 6.07) is 24.2. The van der Waals surface area contributed by atoms with Gasteiger partial charge in [0, 0.05) is 24.7 Å². The number of thiazole rings is 1. The largest absolute Gasteiger partial charge is 0.383 e. The van der Waals surface area contributed by atoms with Crippen LogP contribution in [0.1, 0.15) is 32.7 Å². The van der Waals surface area contributed by atoms with Crippen molar-refractivity contribution in [2.45, 2.75) is 19.0 Å². The second-order valence-corrected chi connectivity index (χ2v) is 10.5. The van der Waals surface area contributed by atoms with Crippen molar-refractivity contribution >= 4 is 52.2 Å². The van der Waals surface area contributed by atoms with Crippen molar-refractivity contribution in [1.82, 2.24) is 15.2 Å². The molecule has 0 radical (unpaired) electrons. The van der Waals surface area contributed by atoms with Crippen LogP contribution in [0, 0.1) is 0 Å². The van der Waals surface area contributed by atoms with E-state index in [1.807, 2.05) is 60.7 Å². The molecule has 0 saturated heterocycles. The van der Waals surface area contributed by atoms with E-state index in [2.05, 4.69) is 15.6 Å². The summed E-state index contributed by atoms with van der Waals surface area (Å²) in [6.07, 6.45) is 0.646. The molecular weight excluding hydrogens is 555 g/mol. The fourth-order valence-corrected chi connectivity index (χ4v) is 4.99. The van der Waals surface area contributed by atoms with E-state index in [-0.39, 0.29) is 24.5 Å². The van der Waals surface area contributed by atoms with Crippen molar-refractivity contribution in [3.8, 4) is 0 Å². The Hall–Kier alpha value is -3.43. The molecule has 2 N–H and O–H groups in total. The van der Waals surface area contributed by atoms with Gasteiger partial charge in [0.15, 0.2) is 0 Å². The molecule has 0 saturated carbocycles. The minimum absolute atomic E-state index is 0.209. The Bertz CT molecular complexity index is 1390. The molecule has 4 aromatic rings. The lowest BCUT2D eigenvalue weighted by atomic mass is 9.99. The van der Waals surface area contributed by atoms with E-state index in [0.29, 0.717) is 46.0 Å². The van der Waals surface area contributed by atoms with E-state index < -0.39 is 0 Å². The smallest absolute Gasteiger partial charge is 0.322 e. The number of urea groups is 1. The molecule has 4 rings (SSSR count). The monoisotopic (exact) mass is 582 g/mol. The molecule has 0 spiro atoms. The number of hydrogen-bond acceptors (Lipinski definition) is 5. The maximum atomic E-state index is 13.2. The average Bonchev–Trinajstić information content (AvgIpc) is 3.42. The highest BCUT2D eigenvalue weighted by Gasteiger charge is 2.21. The van der Waals surface area contributed by atoms with Gasteiger partial charge in [-0.2, -0.15) is 0 Å². The molecule has 1 unspecified atom stereocenters. The van der Waals surface area contributed by atoms with Gasteiger partial charge in [-0.1, -0.05) is 83.9 Å². The number of aromatic nitrogens is 1. The Labute approximate surface area is 241 Å². The fourth-order valence-electron chi connectivity index (χ4n) is 3.90. The van der Waals surface area contributed by atoms with Crippen LogP contribution in [0.5, 0.6) is 0 Å². The highest BCUT2D eigenvalue weighted by Crippen LogP contribution is 2.25. The predicted molar refractivity (Wildman–Crippen MR) is 157 cm³/mol. The van der Waals surface area contributed by atoms with Crippen LogP contribution in [0.25, 0.3) is 0 Å². The van der Waals surface area contributed by atoms with Crippen molar-refractivity contribution in [2.24, 2.45) is 0 Å². The average molecular weight is 584 g/mol. The maximum Gasteiger partial charge on any atom is 0.322 e. The zero-order valence-corrected chi connectivity index (χ0v) is 23.6. The Morgan fingerprint density at radius 3 is 2.41 bits per heavy atom. The molecule has 1 aromatic heterocycles. The second kappa shape index (κ2) is 14.1. The van der Waals surface area contributed by atoms with Crippen LogP contribution in [0.2, 0.25) is 10.0 Å². The summed E-state index contributed by atoms with van der Waals surface area (Å²) in [5.74, 6) is -0.272. The van der Waals surface area contributed by atoms with Crippen LogP contribution in [0.4, 0.5) is 10.5 Å². The van der Waals surface area contributed by atoms with Gasteiger partial charge in [-0.3, -0.25) is 4.79 Å². The normalized spacial score (nSPS) is 11.6. The third-order valence-corrected chi connectivity index (χ3v) is 7.50. The highest BCUT2D eigenvalue weighted by molar-refractivity contribution is 7.09. The van der Waals surface area contributed by atoms with Gasteiger partial charge in [0.05, 0.1) is 29.2 Å². The number of carbonyl (C=O) groups excluding carboxylic acids is 2. The van der Waals surface area contributed by atoms with E-state index in [1.54, 1.807) is 35.6 Å². The van der Waals surface area contributed by atoms with Crippen LogP contribution in [-0.4, -0.2) is 42.1 Å². The van der Waals surface area contributed by atoms with Gasteiger partial charge < -0.3 is 20.3 Å². The van der Waals surface area contributed by atoms with Crippen LogP contribution in [0.15, 0.2) is 84.2 Å². The predicted octanol–water partition coefficient (Wildman–Crippen LogP) is 6.84. The minimum Gasteiger partial charge on any atom is -0.383 e. The molecule has 1 atom stereocenters. The number of anilines is 1. The first-order chi connectivity index (χ1) is 18.9. The van der Waals surface area contributed by atoms with E-state index in [9.17, 15) is 9.59 Å². The molecule has 0 fully saturated rings. The number of rotatable bonds is 11. The molecular formula is C29H28Cl2N4O3S. The Morgan fingerprint density at radius 2 is 1.72 bits per heavy atom. The van der Waals surface area contributed by atoms with E-state index in [0.717, 1.165) is 11.1 Å². The number of benzene rings is 3. The molecule has 202 valence electrons. The van der Waals surface area contributed by atoms with E-state index in [1.165, 1.54) is 11.3 Å². The standard InChI is InChI=1S/C29H28Cl2N4O3S/c1-38-15-14-35(29(37)32-22-12-13-23(30)24(31)17-22)18-27-33-26(19-39-27)28(36)34-25(21-10-6-3-7-11-21)16-20-8-4-2-5-9-20/h2-13,17,19,25H,14-16,18H2,1H3,(H,32,37)(H,34,36). The van der Waals surface area contributed by atoms with Gasteiger partial charge in [-0.05, 0) is 35.7 Å². The first-order valence-electron chi connectivity index (χ1n) is 12.3. The molecule has 0 bridgehead atoms. The van der Waals surface area contributed by atoms with Crippen molar-refractivity contribution in [2.75, 3.05) is 25.6 Å². The molecule has 0 aliphatic heterocycles. The number of carbonyl (C=O) groups is 2. The van der Waals surface area contributed by atoms with E-state index in [4.69, 9.17) is 27.9 Å². The zero-order chi connectivity index (χ0) is 27.6. The fraction of sp³-hybridized carbons (Fsp3) is 0.207. The van der Waals surface area contributed by atoms with Gasteiger partial charge in [-0.25, -0.2) is 9.78 Å². The van der Waals surface area contributed by atoms with Crippen molar-refractivity contribution in [3.63, 3.8) is 0 Å². The molecule has 3 aromatic carbocycles. The first kappa shape index (κ1) is 28.6. The Balaban J connectivity index is 1.45. The van der Waals surface area contributed by atoms with E-state index >= 15 is 0 Å². The molecule has 39 heavy (non-hydrogen) atoms. The summed E-state index contributed by atoms with van der Waals surface area (Å²) in [7, 11) is 1.57. The SMILES string of the molecule is COCCN(Cc1nc(C(=O)NC(Cc2ccccc2)c2ccccc2)cs1)C(=O)Nc1ccc(Cl)c(Cl)c1. The van der Waals surface area contributed by atoms with Gasteiger partial charge in [0.1, 0.15) is 10.7 Å². The Kier molecular flexibility index (Phi) is 10.3. The van der Waals surface area contributed by atoms with Crippen LogP contribution in [0.3, 0.4) is 0 Å². The minimum atomic E-state index is -0.348. The highest BCUT2D eigenvalue weighted by atomic mass is 35.5. The van der Waals surface area contributed by atoms with Gasteiger partial charge in [-0.15, -0.1) is 11.3 Å². The molecule has 1 heterocycles. The van der Waals surface area contributed by atoms with Crippen LogP contribution in [-0.2, 0) is 17.7 Å². The molecule has 7 nitrogen and oxygen atoms in total. The van der Waals surface area contributed by atoms with Gasteiger partial charge in [0.2, 0.25) is 0 Å². The quantitative estimate of drug-likeness (QED) is 0.203. The number of halogens is 2. The lowest BCUT2D eigenvalue weighted by Gasteiger charge is -2.22. The summed E-state index contributed by atoms with van der Waals surface area (Å²) in [5, 5.41) is 9.03. The third-order valence-electron chi connectivity index (χ3n) is 5.92. The third kappa shape index (κ3) is 8.28. The summed E-state index contributed by atoms with van der Waals surface area (Å²) in [6.45, 7) is 0.879. The molecule has 10 heteroatoms.